The van der Waals surface area contributed by atoms with Crippen LogP contribution in [0.1, 0.15) is 106 Å². The molecule has 9 N–H and O–H groups in total. The van der Waals surface area contributed by atoms with E-state index in [9.17, 15) is 50.8 Å². The summed E-state index contributed by atoms with van der Waals surface area (Å²) in [4.78, 5) is 11.4. The van der Waals surface area contributed by atoms with Crippen molar-refractivity contribution in [3.8, 4) is 0 Å². The quantitative estimate of drug-likeness (QED) is 0.0883. The van der Waals surface area contributed by atoms with Gasteiger partial charge in [-0.15, -0.1) is 0 Å². The maximum atomic E-state index is 13.0. The van der Waals surface area contributed by atoms with Gasteiger partial charge in [-0.2, -0.15) is 0 Å². The third-order valence-electron chi connectivity index (χ3n) is 18.4. The van der Waals surface area contributed by atoms with Crippen LogP contribution in [0.2, 0.25) is 0 Å². The maximum absolute atomic E-state index is 13.0. The molecule has 4 heterocycles. The van der Waals surface area contributed by atoms with E-state index in [1.165, 1.54) is 13.8 Å². The van der Waals surface area contributed by atoms with E-state index in [0.29, 0.717) is 44.1 Å². The maximum Gasteiger partial charge on any atom is 0.302 e. The van der Waals surface area contributed by atoms with Gasteiger partial charge in [-0.05, 0) is 99.7 Å². The lowest BCUT2D eigenvalue weighted by Gasteiger charge is -2.62. The van der Waals surface area contributed by atoms with Gasteiger partial charge in [0.1, 0.15) is 66.6 Å². The second-order valence-electron chi connectivity index (χ2n) is 21.8. The van der Waals surface area contributed by atoms with E-state index in [0.717, 1.165) is 38.5 Å². The van der Waals surface area contributed by atoms with Crippen LogP contribution in [-0.4, -0.2) is 188 Å². The molecule has 0 aromatic rings. The topological polar surface area (TPSA) is 282 Å². The smallest absolute Gasteiger partial charge is 0.302 e. The summed E-state index contributed by atoms with van der Waals surface area (Å²) in [6, 6.07) is 0. The van der Waals surface area contributed by atoms with E-state index in [1.807, 2.05) is 6.92 Å². The summed E-state index contributed by atoms with van der Waals surface area (Å²) in [5.74, 6) is -0.138. The molecule has 4 saturated heterocycles. The zero-order valence-corrected chi connectivity index (χ0v) is 39.5. The Morgan fingerprint density at radius 1 is 0.788 bits per heavy atom. The molecule has 66 heavy (non-hydrogen) atoms. The van der Waals surface area contributed by atoms with E-state index in [-0.39, 0.29) is 52.7 Å². The van der Waals surface area contributed by atoms with Crippen molar-refractivity contribution < 1.29 is 93.4 Å². The van der Waals surface area contributed by atoms with Gasteiger partial charge in [-0.25, -0.2) is 0 Å². The Morgan fingerprint density at radius 2 is 1.50 bits per heavy atom. The standard InChI is InChI=1S/C47H78O19/c1-21(19-59-24(4)49)10-15-46(58-7)23(3)47(57)32(66-46)17-29-27-9-8-25-16-26(11-13-44(25,5)28(27)12-14-45(29,47)6)62-43-40(65-42-38(56)36(54)33(51)22(2)61-42)39(35(53)31(18-48)63-43)64-41-37(55)34(52)30(50)20-60-41/h21-23,25-43,48,50-57H,8-20H2,1-7H3/t21-,22+,23-,25+,26+,27-,28+,29+,30+,31-,32+,33+,34+,35-,36-,37-,38-,39+,40-,41+,42+,43-,44+,45+,46-,47-/m1/s1. The Hall–Kier alpha value is -1.21. The fourth-order valence-electron chi connectivity index (χ4n) is 14.3. The number of fused-ring (bicyclic) bond motifs is 7. The number of aliphatic hydroxyl groups is 9. The first-order valence-electron chi connectivity index (χ1n) is 24.5. The Bertz CT molecular complexity index is 1680. The number of rotatable bonds is 13. The molecule has 0 radical (unpaired) electrons. The third kappa shape index (κ3) is 8.62. The van der Waals surface area contributed by atoms with Crippen LogP contribution in [0.4, 0.5) is 0 Å². The van der Waals surface area contributed by atoms with Crippen LogP contribution in [0.25, 0.3) is 0 Å². The Kier molecular flexibility index (Phi) is 15.1. The lowest BCUT2D eigenvalue weighted by atomic mass is 9.44. The number of methoxy groups -OCH3 is 1. The molecule has 4 saturated carbocycles. The predicted molar refractivity (Wildman–Crippen MR) is 227 cm³/mol. The molecule has 4 aliphatic heterocycles. The van der Waals surface area contributed by atoms with Crippen molar-refractivity contribution >= 4 is 5.97 Å². The number of esters is 1. The number of ether oxygens (including phenoxy) is 9. The summed E-state index contributed by atoms with van der Waals surface area (Å²) in [6.07, 6.45) is -13.7. The van der Waals surface area contributed by atoms with Crippen molar-refractivity contribution in [1.29, 1.82) is 0 Å². The van der Waals surface area contributed by atoms with E-state index < -0.39 is 111 Å². The van der Waals surface area contributed by atoms with Crippen LogP contribution < -0.4 is 0 Å². The molecule has 19 nitrogen and oxygen atoms in total. The predicted octanol–water partition coefficient (Wildman–Crippen LogP) is 0.227. The Labute approximate surface area is 387 Å². The minimum absolute atomic E-state index is 0.0307. The van der Waals surface area contributed by atoms with Crippen molar-refractivity contribution in [2.45, 2.75) is 215 Å². The summed E-state index contributed by atoms with van der Waals surface area (Å²) in [7, 11) is 1.66. The number of carbonyl (C=O) groups excluding carboxylic acids is 1. The summed E-state index contributed by atoms with van der Waals surface area (Å²) in [5, 5.41) is 98.3. The van der Waals surface area contributed by atoms with Crippen molar-refractivity contribution in [2.75, 3.05) is 26.9 Å². The molecule has 19 heteroatoms. The second-order valence-corrected chi connectivity index (χ2v) is 21.8. The minimum atomic E-state index is -1.74. The van der Waals surface area contributed by atoms with Crippen LogP contribution in [0.5, 0.6) is 0 Å². The molecule has 0 bridgehead atoms. The molecule has 8 rings (SSSR count). The molecule has 26 atom stereocenters. The summed E-state index contributed by atoms with van der Waals surface area (Å²) >= 11 is 0. The first kappa shape index (κ1) is 51.2. The number of aliphatic hydroxyl groups excluding tert-OH is 8. The SMILES string of the molecule is CO[C@]1(CC[C@@H](C)COC(C)=O)O[C@H]2C[C@H]3[C@@H]4CC[C@H]5C[C@@H](O[C@@H]6O[C@H](CO)[C@@H](O)[C@H](O[C@@H]7OC[C@H](O)[C@H](O)[C@H]7O)[C@H]6O[C@@H]6O[C@@H](C)[C@H](O)[C@@H](O)[C@H]6O)CC[C@]5(C)[C@H]4CC[C@]3(C)[C@@]2(O)[C@@H]1C. The third-order valence-corrected chi connectivity index (χ3v) is 18.4. The van der Waals surface area contributed by atoms with Crippen LogP contribution in [0, 0.1) is 46.3 Å². The van der Waals surface area contributed by atoms with Gasteiger partial charge in [0.15, 0.2) is 24.7 Å². The molecule has 0 unspecified atom stereocenters. The lowest BCUT2D eigenvalue weighted by Crippen LogP contribution is -2.66. The van der Waals surface area contributed by atoms with Gasteiger partial charge >= 0.3 is 5.97 Å². The van der Waals surface area contributed by atoms with E-state index >= 15 is 0 Å². The molecule has 0 spiro atoms. The highest BCUT2D eigenvalue weighted by atomic mass is 16.8. The van der Waals surface area contributed by atoms with Gasteiger partial charge in [0, 0.05) is 31.8 Å². The summed E-state index contributed by atoms with van der Waals surface area (Å²) < 4.78 is 55.0. The highest BCUT2D eigenvalue weighted by molar-refractivity contribution is 5.65. The minimum Gasteiger partial charge on any atom is -0.466 e. The molecule has 4 aliphatic carbocycles. The molecule has 0 aromatic carbocycles. The fourth-order valence-corrected chi connectivity index (χ4v) is 14.3. The number of hydrogen-bond acceptors (Lipinski definition) is 19. The summed E-state index contributed by atoms with van der Waals surface area (Å²) in [5.41, 5.74) is -1.50. The van der Waals surface area contributed by atoms with Crippen molar-refractivity contribution in [3.63, 3.8) is 0 Å². The van der Waals surface area contributed by atoms with Crippen molar-refractivity contribution in [1.82, 2.24) is 0 Å². The number of hydrogen-bond donors (Lipinski definition) is 9. The fraction of sp³-hybridized carbons (Fsp3) is 0.979. The second kappa shape index (κ2) is 19.4. The van der Waals surface area contributed by atoms with Crippen LogP contribution in [0.15, 0.2) is 0 Å². The van der Waals surface area contributed by atoms with Crippen molar-refractivity contribution in [2.24, 2.45) is 46.3 Å². The van der Waals surface area contributed by atoms with Gasteiger partial charge < -0.3 is 88.6 Å². The zero-order valence-electron chi connectivity index (χ0n) is 39.5. The zero-order chi connectivity index (χ0) is 47.8. The molecule has 8 fully saturated rings. The van der Waals surface area contributed by atoms with Crippen molar-refractivity contribution in [3.05, 3.63) is 0 Å². The van der Waals surface area contributed by atoms with Gasteiger partial charge in [0.05, 0.1) is 38.1 Å². The summed E-state index contributed by atoms with van der Waals surface area (Å²) in [6.45, 7) is 10.9. The van der Waals surface area contributed by atoms with Crippen LogP contribution in [-0.2, 0) is 47.4 Å². The monoisotopic (exact) mass is 947 g/mol. The van der Waals surface area contributed by atoms with Gasteiger partial charge in [0.2, 0.25) is 0 Å². The van der Waals surface area contributed by atoms with Gasteiger partial charge in [-0.1, -0.05) is 27.7 Å². The van der Waals surface area contributed by atoms with Gasteiger partial charge in [0.25, 0.3) is 0 Å². The average molecular weight is 947 g/mol. The van der Waals surface area contributed by atoms with Gasteiger partial charge in [-0.3, -0.25) is 4.79 Å². The van der Waals surface area contributed by atoms with E-state index in [4.69, 9.17) is 42.6 Å². The normalized spacial score (nSPS) is 54.2. The lowest BCUT2D eigenvalue weighted by molar-refractivity contribution is -0.391. The largest absolute Gasteiger partial charge is 0.466 e. The number of carbonyl (C=O) groups is 1. The highest BCUT2D eigenvalue weighted by Crippen LogP contribution is 2.72. The molecule has 8 aliphatic rings. The molecular formula is C47H78O19. The first-order chi connectivity index (χ1) is 31.1. The van der Waals surface area contributed by atoms with E-state index in [1.54, 1.807) is 7.11 Å². The molecule has 380 valence electrons. The Morgan fingerprint density at radius 3 is 2.20 bits per heavy atom. The molecule has 0 aromatic heterocycles. The van der Waals surface area contributed by atoms with Crippen LogP contribution >= 0.6 is 0 Å². The Balaban J connectivity index is 0.973. The first-order valence-corrected chi connectivity index (χ1v) is 24.5. The van der Waals surface area contributed by atoms with E-state index in [2.05, 4.69) is 20.8 Å². The average Bonchev–Trinajstić information content (AvgIpc) is 3.65. The molecule has 0 amide bonds. The highest BCUT2D eigenvalue weighted by Gasteiger charge is 2.76. The molecular weight excluding hydrogens is 868 g/mol. The van der Waals surface area contributed by atoms with Crippen LogP contribution in [0.3, 0.4) is 0 Å².